The maximum Gasteiger partial charge on any atom is 0.194 e. The van der Waals surface area contributed by atoms with Crippen LogP contribution in [0.3, 0.4) is 0 Å². The standard InChI is InChI=1S/C22H34N6O2/c1-4-21-26-25-17-28(21)13-12-23-22(24-15-20-7-5-6-14-30-20)27(2)16-18-8-10-19(29-3)11-9-18/h8-11,17,20H,4-7,12-16H2,1-3H3,(H,23,24). The van der Waals surface area contributed by atoms with Crippen molar-refractivity contribution in [1.29, 1.82) is 0 Å². The Morgan fingerprint density at radius 1 is 1.33 bits per heavy atom. The highest BCUT2D eigenvalue weighted by Gasteiger charge is 2.15. The predicted octanol–water partition coefficient (Wildman–Crippen LogP) is 2.50. The number of aryl methyl sites for hydroxylation is 1. The Balaban J connectivity index is 1.62. The third-order valence-electron chi connectivity index (χ3n) is 5.31. The van der Waals surface area contributed by atoms with E-state index in [9.17, 15) is 0 Å². The Morgan fingerprint density at radius 2 is 2.17 bits per heavy atom. The lowest BCUT2D eigenvalue weighted by atomic mass is 10.1. The quantitative estimate of drug-likeness (QED) is 0.502. The summed E-state index contributed by atoms with van der Waals surface area (Å²) in [5.41, 5.74) is 1.20. The van der Waals surface area contributed by atoms with Gasteiger partial charge in [-0.3, -0.25) is 4.99 Å². The van der Waals surface area contributed by atoms with E-state index in [-0.39, 0.29) is 6.10 Å². The van der Waals surface area contributed by atoms with E-state index in [4.69, 9.17) is 14.5 Å². The molecule has 1 aromatic carbocycles. The zero-order chi connectivity index (χ0) is 21.2. The van der Waals surface area contributed by atoms with Gasteiger partial charge in [-0.05, 0) is 37.0 Å². The van der Waals surface area contributed by atoms with Crippen molar-refractivity contribution < 1.29 is 9.47 Å². The molecule has 0 spiro atoms. The molecule has 1 aliphatic rings. The van der Waals surface area contributed by atoms with Crippen molar-refractivity contribution in [1.82, 2.24) is 25.0 Å². The number of aromatic nitrogens is 3. The number of rotatable bonds is 9. The van der Waals surface area contributed by atoms with Crippen LogP contribution in [0.4, 0.5) is 0 Å². The summed E-state index contributed by atoms with van der Waals surface area (Å²) < 4.78 is 13.2. The second-order valence-electron chi connectivity index (χ2n) is 7.58. The number of nitrogens with one attached hydrogen (secondary N) is 1. The van der Waals surface area contributed by atoms with Crippen LogP contribution in [0.5, 0.6) is 5.75 Å². The van der Waals surface area contributed by atoms with Gasteiger partial charge in [0.2, 0.25) is 0 Å². The van der Waals surface area contributed by atoms with Crippen LogP contribution in [-0.4, -0.2) is 65.6 Å². The average molecular weight is 415 g/mol. The van der Waals surface area contributed by atoms with Crippen molar-refractivity contribution in [2.24, 2.45) is 4.99 Å². The molecule has 2 heterocycles. The fourth-order valence-electron chi connectivity index (χ4n) is 3.56. The van der Waals surface area contributed by atoms with Crippen molar-refractivity contribution in [2.45, 2.75) is 51.8 Å². The van der Waals surface area contributed by atoms with Crippen molar-refractivity contribution in [3.8, 4) is 5.75 Å². The highest BCUT2D eigenvalue weighted by atomic mass is 16.5. The van der Waals surface area contributed by atoms with Crippen LogP contribution in [0.25, 0.3) is 0 Å². The minimum atomic E-state index is 0.217. The summed E-state index contributed by atoms with van der Waals surface area (Å²) in [6.07, 6.45) is 6.33. The van der Waals surface area contributed by atoms with Crippen molar-refractivity contribution in [3.63, 3.8) is 0 Å². The second-order valence-corrected chi connectivity index (χ2v) is 7.58. The van der Waals surface area contributed by atoms with Crippen LogP contribution in [0.15, 0.2) is 35.6 Å². The molecule has 164 valence electrons. The molecule has 1 atom stereocenters. The molecule has 30 heavy (non-hydrogen) atoms. The van der Waals surface area contributed by atoms with Gasteiger partial charge < -0.3 is 24.3 Å². The Kier molecular flexibility index (Phi) is 8.50. The van der Waals surface area contributed by atoms with Gasteiger partial charge in [-0.2, -0.15) is 0 Å². The lowest BCUT2D eigenvalue weighted by molar-refractivity contribution is 0.0223. The zero-order valence-electron chi connectivity index (χ0n) is 18.4. The third kappa shape index (κ3) is 6.45. The molecule has 3 rings (SSSR count). The molecule has 0 radical (unpaired) electrons. The number of nitrogens with zero attached hydrogens (tertiary/aromatic N) is 5. The van der Waals surface area contributed by atoms with Crippen molar-refractivity contribution >= 4 is 5.96 Å². The van der Waals surface area contributed by atoms with Gasteiger partial charge in [-0.15, -0.1) is 10.2 Å². The molecule has 1 aliphatic heterocycles. The minimum absolute atomic E-state index is 0.217. The summed E-state index contributed by atoms with van der Waals surface area (Å²) in [6, 6.07) is 8.15. The Hall–Kier alpha value is -2.61. The van der Waals surface area contributed by atoms with Gasteiger partial charge in [0.15, 0.2) is 5.96 Å². The molecule has 8 heteroatoms. The Labute approximate surface area is 179 Å². The van der Waals surface area contributed by atoms with E-state index in [2.05, 4.69) is 51.1 Å². The monoisotopic (exact) mass is 414 g/mol. The number of hydrogen-bond donors (Lipinski definition) is 1. The first-order valence-corrected chi connectivity index (χ1v) is 10.8. The van der Waals surface area contributed by atoms with E-state index in [1.807, 2.05) is 12.1 Å². The summed E-state index contributed by atoms with van der Waals surface area (Å²) in [5.74, 6) is 2.74. The molecule has 0 bridgehead atoms. The molecule has 1 unspecified atom stereocenters. The molecule has 0 aliphatic carbocycles. The van der Waals surface area contributed by atoms with E-state index < -0.39 is 0 Å². The van der Waals surface area contributed by atoms with Crippen LogP contribution in [0.1, 0.15) is 37.6 Å². The highest BCUT2D eigenvalue weighted by Crippen LogP contribution is 2.14. The van der Waals surface area contributed by atoms with Crippen LogP contribution < -0.4 is 10.1 Å². The van der Waals surface area contributed by atoms with Crippen LogP contribution in [0.2, 0.25) is 0 Å². The summed E-state index contributed by atoms with van der Waals surface area (Å²) >= 11 is 0. The van der Waals surface area contributed by atoms with Gasteiger partial charge >= 0.3 is 0 Å². The van der Waals surface area contributed by atoms with Crippen LogP contribution in [0, 0.1) is 0 Å². The molecule has 1 aromatic heterocycles. The topological polar surface area (TPSA) is 76.8 Å². The van der Waals surface area contributed by atoms with Crippen molar-refractivity contribution in [2.75, 3.05) is 33.9 Å². The van der Waals surface area contributed by atoms with Crippen molar-refractivity contribution in [3.05, 3.63) is 42.0 Å². The van der Waals surface area contributed by atoms with Gasteiger partial charge in [0.1, 0.15) is 17.9 Å². The summed E-state index contributed by atoms with van der Waals surface area (Å²) in [5, 5.41) is 11.7. The largest absolute Gasteiger partial charge is 0.497 e. The second kappa shape index (κ2) is 11.5. The molecule has 1 saturated heterocycles. The molecule has 0 saturated carbocycles. The lowest BCUT2D eigenvalue weighted by Crippen LogP contribution is -2.40. The van der Waals surface area contributed by atoms with Gasteiger partial charge in [-0.25, -0.2) is 0 Å². The Morgan fingerprint density at radius 3 is 2.87 bits per heavy atom. The average Bonchev–Trinajstić information content (AvgIpc) is 3.24. The fraction of sp³-hybridized carbons (Fsp3) is 0.591. The fourth-order valence-corrected chi connectivity index (χ4v) is 3.56. The summed E-state index contributed by atoms with van der Waals surface area (Å²) in [7, 11) is 3.75. The minimum Gasteiger partial charge on any atom is -0.497 e. The molecular weight excluding hydrogens is 380 g/mol. The number of methoxy groups -OCH3 is 1. The first-order valence-electron chi connectivity index (χ1n) is 10.8. The SMILES string of the molecule is CCc1nncn1CCNC(=NCC1CCCCO1)N(C)Cc1ccc(OC)cc1. The summed E-state index contributed by atoms with van der Waals surface area (Å²) in [6.45, 7) is 5.93. The van der Waals surface area contributed by atoms with E-state index >= 15 is 0 Å². The van der Waals surface area contributed by atoms with E-state index in [0.29, 0.717) is 6.54 Å². The number of benzene rings is 1. The number of hydrogen-bond acceptors (Lipinski definition) is 5. The van der Waals surface area contributed by atoms with E-state index in [1.165, 1.54) is 12.0 Å². The molecule has 2 aromatic rings. The molecule has 1 N–H and O–H groups in total. The highest BCUT2D eigenvalue weighted by molar-refractivity contribution is 5.79. The van der Waals surface area contributed by atoms with E-state index in [0.717, 1.165) is 63.0 Å². The zero-order valence-corrected chi connectivity index (χ0v) is 18.4. The van der Waals surface area contributed by atoms with Gasteiger partial charge in [0.05, 0.1) is 19.8 Å². The van der Waals surface area contributed by atoms with E-state index in [1.54, 1.807) is 13.4 Å². The maximum atomic E-state index is 5.86. The van der Waals surface area contributed by atoms with Crippen LogP contribution in [-0.2, 0) is 24.2 Å². The Bertz CT molecular complexity index is 783. The first kappa shape index (κ1) is 22.1. The van der Waals surface area contributed by atoms with Crippen LogP contribution >= 0.6 is 0 Å². The lowest BCUT2D eigenvalue weighted by Gasteiger charge is -2.25. The normalized spacial score (nSPS) is 17.0. The predicted molar refractivity (Wildman–Crippen MR) is 118 cm³/mol. The maximum absolute atomic E-state index is 5.86. The smallest absolute Gasteiger partial charge is 0.194 e. The number of aliphatic imine (C=N–C) groups is 1. The number of ether oxygens (including phenoxy) is 2. The van der Waals surface area contributed by atoms with Gasteiger partial charge in [0.25, 0.3) is 0 Å². The molecular formula is C22H34N6O2. The number of guanidine groups is 1. The summed E-state index contributed by atoms with van der Waals surface area (Å²) in [4.78, 5) is 7.03. The van der Waals surface area contributed by atoms with Gasteiger partial charge in [-0.1, -0.05) is 19.1 Å². The third-order valence-corrected chi connectivity index (χ3v) is 5.31. The van der Waals surface area contributed by atoms with Gasteiger partial charge in [0, 0.05) is 39.7 Å². The molecule has 8 nitrogen and oxygen atoms in total. The molecule has 1 fully saturated rings. The first-order chi connectivity index (χ1) is 14.7. The molecule has 0 amide bonds.